The Morgan fingerprint density at radius 3 is 2.59 bits per heavy atom. The van der Waals surface area contributed by atoms with Gasteiger partial charge in [-0.3, -0.25) is 4.79 Å². The molecule has 2 aromatic rings. The fourth-order valence-electron chi connectivity index (χ4n) is 3.39. The molecule has 29 heavy (non-hydrogen) atoms. The molecule has 1 N–H and O–H groups in total. The van der Waals surface area contributed by atoms with Crippen LogP contribution in [0.25, 0.3) is 0 Å². The third-order valence-corrected chi connectivity index (χ3v) is 7.45. The topological polar surface area (TPSA) is 75.7 Å². The standard InChI is InChI=1S/C21H25ClN2O4S/c1-14-6-7-17(11-15(14)2)23-21(25)16-5-4-10-24(13-16)29(26,27)18-8-9-20(28-3)19(22)12-18/h6-9,11-12,16H,4-5,10,13H2,1-3H3,(H,23,25)/t16-/m1/s1. The van der Waals surface area contributed by atoms with E-state index in [1.54, 1.807) is 0 Å². The maximum absolute atomic E-state index is 13.0. The third kappa shape index (κ3) is 4.74. The maximum atomic E-state index is 13.0. The highest BCUT2D eigenvalue weighted by atomic mass is 35.5. The van der Waals surface area contributed by atoms with Crippen LogP contribution >= 0.6 is 11.6 Å². The Labute approximate surface area is 176 Å². The highest BCUT2D eigenvalue weighted by molar-refractivity contribution is 7.89. The van der Waals surface area contributed by atoms with Crippen molar-refractivity contribution in [1.29, 1.82) is 0 Å². The zero-order valence-corrected chi connectivity index (χ0v) is 18.3. The number of sulfonamides is 1. The predicted molar refractivity (Wildman–Crippen MR) is 114 cm³/mol. The second-order valence-electron chi connectivity index (χ2n) is 7.29. The van der Waals surface area contributed by atoms with E-state index in [0.717, 1.165) is 16.8 Å². The number of aryl methyl sites for hydroxylation is 2. The average Bonchev–Trinajstić information content (AvgIpc) is 2.70. The molecule has 0 aromatic heterocycles. The Morgan fingerprint density at radius 2 is 1.93 bits per heavy atom. The number of hydrogen-bond acceptors (Lipinski definition) is 4. The Hall–Kier alpha value is -2.09. The SMILES string of the molecule is COc1ccc(S(=O)(=O)N2CCC[C@@H](C(=O)Nc3ccc(C)c(C)c3)C2)cc1Cl. The van der Waals surface area contributed by atoms with Crippen molar-refractivity contribution < 1.29 is 17.9 Å². The molecule has 8 heteroatoms. The number of amides is 1. The van der Waals surface area contributed by atoms with Crippen molar-refractivity contribution in [2.75, 3.05) is 25.5 Å². The molecule has 0 radical (unpaired) electrons. The minimum Gasteiger partial charge on any atom is -0.495 e. The number of piperidine rings is 1. The number of nitrogens with zero attached hydrogens (tertiary/aromatic N) is 1. The van der Waals surface area contributed by atoms with Crippen LogP contribution in [0.1, 0.15) is 24.0 Å². The van der Waals surface area contributed by atoms with E-state index in [2.05, 4.69) is 5.32 Å². The summed E-state index contributed by atoms with van der Waals surface area (Å²) in [6.45, 7) is 4.51. The molecule has 0 aliphatic carbocycles. The molecule has 0 saturated carbocycles. The minimum absolute atomic E-state index is 0.0958. The Balaban J connectivity index is 1.74. The van der Waals surface area contributed by atoms with Crippen molar-refractivity contribution >= 4 is 33.2 Å². The van der Waals surface area contributed by atoms with Crippen molar-refractivity contribution in [1.82, 2.24) is 4.31 Å². The molecule has 1 aliphatic rings. The molecule has 1 amide bonds. The normalized spacial score (nSPS) is 17.7. The van der Waals surface area contributed by atoms with Gasteiger partial charge in [-0.1, -0.05) is 17.7 Å². The number of carbonyl (C=O) groups is 1. The van der Waals surface area contributed by atoms with E-state index in [1.165, 1.54) is 29.6 Å². The lowest BCUT2D eigenvalue weighted by Gasteiger charge is -2.31. The molecule has 1 aliphatic heterocycles. The molecular formula is C21H25ClN2O4S. The van der Waals surface area contributed by atoms with E-state index in [0.29, 0.717) is 25.1 Å². The summed E-state index contributed by atoms with van der Waals surface area (Å²) in [5.74, 6) is -0.162. The van der Waals surface area contributed by atoms with Crippen molar-refractivity contribution in [2.24, 2.45) is 5.92 Å². The molecule has 1 saturated heterocycles. The number of carbonyl (C=O) groups excluding carboxylic acids is 1. The highest BCUT2D eigenvalue weighted by Crippen LogP contribution is 2.30. The van der Waals surface area contributed by atoms with E-state index >= 15 is 0 Å². The molecular weight excluding hydrogens is 412 g/mol. The van der Waals surface area contributed by atoms with Gasteiger partial charge in [0.2, 0.25) is 15.9 Å². The monoisotopic (exact) mass is 436 g/mol. The van der Waals surface area contributed by atoms with E-state index in [4.69, 9.17) is 16.3 Å². The van der Waals surface area contributed by atoms with Gasteiger partial charge in [0.15, 0.2) is 0 Å². The van der Waals surface area contributed by atoms with Gasteiger partial charge < -0.3 is 10.1 Å². The first kappa shape index (κ1) is 21.6. The van der Waals surface area contributed by atoms with Gasteiger partial charge in [-0.05, 0) is 68.1 Å². The highest BCUT2D eigenvalue weighted by Gasteiger charge is 2.33. The van der Waals surface area contributed by atoms with Crippen LogP contribution in [0.2, 0.25) is 5.02 Å². The molecule has 2 aromatic carbocycles. The molecule has 3 rings (SSSR count). The van der Waals surface area contributed by atoms with Crippen molar-refractivity contribution in [2.45, 2.75) is 31.6 Å². The zero-order chi connectivity index (χ0) is 21.2. The van der Waals surface area contributed by atoms with Crippen LogP contribution in [0.15, 0.2) is 41.3 Å². The number of rotatable bonds is 5. The first-order valence-corrected chi connectivity index (χ1v) is 11.3. The smallest absolute Gasteiger partial charge is 0.243 e. The minimum atomic E-state index is -3.75. The second-order valence-corrected chi connectivity index (χ2v) is 9.63. The molecule has 156 valence electrons. The van der Waals surface area contributed by atoms with Gasteiger partial charge in [-0.15, -0.1) is 0 Å². The molecule has 1 heterocycles. The summed E-state index contributed by atoms with van der Waals surface area (Å²) in [7, 11) is -2.28. The van der Waals surface area contributed by atoms with Crippen LogP contribution in [0.4, 0.5) is 5.69 Å². The van der Waals surface area contributed by atoms with E-state index in [1.807, 2.05) is 32.0 Å². The number of methoxy groups -OCH3 is 1. The lowest BCUT2D eigenvalue weighted by atomic mass is 9.98. The summed E-state index contributed by atoms with van der Waals surface area (Å²) in [5.41, 5.74) is 2.96. The van der Waals surface area contributed by atoms with E-state index in [-0.39, 0.29) is 22.4 Å². The van der Waals surface area contributed by atoms with Crippen molar-refractivity contribution in [3.63, 3.8) is 0 Å². The van der Waals surface area contributed by atoms with Crippen LogP contribution in [0, 0.1) is 19.8 Å². The summed E-state index contributed by atoms with van der Waals surface area (Å²) in [5, 5.41) is 3.15. The van der Waals surface area contributed by atoms with Gasteiger partial charge in [-0.2, -0.15) is 4.31 Å². The van der Waals surface area contributed by atoms with E-state index < -0.39 is 15.9 Å². The van der Waals surface area contributed by atoms with Crippen LogP contribution < -0.4 is 10.1 Å². The first-order valence-electron chi connectivity index (χ1n) is 9.44. The van der Waals surface area contributed by atoms with Gasteiger partial charge in [0.05, 0.1) is 22.9 Å². The Bertz CT molecular complexity index is 1020. The largest absolute Gasteiger partial charge is 0.495 e. The summed E-state index contributed by atoms with van der Waals surface area (Å²) in [4.78, 5) is 12.8. The molecule has 1 fully saturated rings. The Morgan fingerprint density at radius 1 is 1.17 bits per heavy atom. The Kier molecular flexibility index (Phi) is 6.51. The number of ether oxygens (including phenoxy) is 1. The molecule has 6 nitrogen and oxygen atoms in total. The molecule has 0 unspecified atom stereocenters. The van der Waals surface area contributed by atoms with Gasteiger partial charge in [0, 0.05) is 18.8 Å². The van der Waals surface area contributed by atoms with Gasteiger partial charge in [0.1, 0.15) is 5.75 Å². The van der Waals surface area contributed by atoms with Crippen molar-refractivity contribution in [3.05, 3.63) is 52.5 Å². The summed E-state index contributed by atoms with van der Waals surface area (Å²) in [6.07, 6.45) is 1.26. The summed E-state index contributed by atoms with van der Waals surface area (Å²) >= 11 is 6.10. The predicted octanol–water partition coefficient (Wildman–Crippen LogP) is 4.00. The number of nitrogens with one attached hydrogen (secondary N) is 1. The van der Waals surface area contributed by atoms with Gasteiger partial charge in [-0.25, -0.2) is 8.42 Å². The van der Waals surface area contributed by atoms with E-state index in [9.17, 15) is 13.2 Å². The molecule has 0 spiro atoms. The fourth-order valence-corrected chi connectivity index (χ4v) is 5.27. The number of anilines is 1. The van der Waals surface area contributed by atoms with Crippen LogP contribution in [0.5, 0.6) is 5.75 Å². The average molecular weight is 437 g/mol. The number of halogens is 1. The van der Waals surface area contributed by atoms with Gasteiger partial charge in [0.25, 0.3) is 0 Å². The van der Waals surface area contributed by atoms with Gasteiger partial charge >= 0.3 is 0 Å². The fraction of sp³-hybridized carbons (Fsp3) is 0.381. The lowest BCUT2D eigenvalue weighted by molar-refractivity contribution is -0.120. The van der Waals surface area contributed by atoms with Crippen molar-refractivity contribution in [3.8, 4) is 5.75 Å². The van der Waals surface area contributed by atoms with Crippen LogP contribution in [0.3, 0.4) is 0 Å². The van der Waals surface area contributed by atoms with Crippen LogP contribution in [-0.2, 0) is 14.8 Å². The third-order valence-electron chi connectivity index (χ3n) is 5.29. The zero-order valence-electron chi connectivity index (χ0n) is 16.7. The summed E-state index contributed by atoms with van der Waals surface area (Å²) < 4.78 is 32.5. The van der Waals surface area contributed by atoms with Crippen LogP contribution in [-0.4, -0.2) is 38.8 Å². The second kappa shape index (κ2) is 8.73. The first-order chi connectivity index (χ1) is 13.7. The molecule has 1 atom stereocenters. The maximum Gasteiger partial charge on any atom is 0.243 e. The number of benzene rings is 2. The quantitative estimate of drug-likeness (QED) is 0.768. The summed E-state index contributed by atoms with van der Waals surface area (Å²) in [6, 6.07) is 10.1. The molecule has 0 bridgehead atoms. The number of hydrogen-bond donors (Lipinski definition) is 1. The lowest BCUT2D eigenvalue weighted by Crippen LogP contribution is -2.43.